The molecule has 0 aliphatic heterocycles. The van der Waals surface area contributed by atoms with Crippen LogP contribution in [0.1, 0.15) is 22.6 Å². The van der Waals surface area contributed by atoms with Gasteiger partial charge in [0.05, 0.1) is 11.3 Å². The highest BCUT2D eigenvalue weighted by molar-refractivity contribution is 7.93. The number of hydrogen-bond donors (Lipinski definition) is 1. The number of sulfonamides is 1. The summed E-state index contributed by atoms with van der Waals surface area (Å²) in [4.78, 5) is 12.8. The van der Waals surface area contributed by atoms with Crippen molar-refractivity contribution in [2.45, 2.75) is 5.92 Å². The molecule has 0 spiro atoms. The minimum atomic E-state index is -3.92. The van der Waals surface area contributed by atoms with E-state index in [-0.39, 0.29) is 0 Å². The molecule has 5 heteroatoms. The summed E-state index contributed by atoms with van der Waals surface area (Å²) >= 11 is 0. The summed E-state index contributed by atoms with van der Waals surface area (Å²) in [6.07, 6.45) is 1.45. The van der Waals surface area contributed by atoms with Gasteiger partial charge in [-0.05, 0) is 22.8 Å². The maximum absolute atomic E-state index is 12.8. The molecule has 0 aliphatic carbocycles. The van der Waals surface area contributed by atoms with Gasteiger partial charge in [0.25, 0.3) is 10.0 Å². The van der Waals surface area contributed by atoms with Gasteiger partial charge >= 0.3 is 0 Å². The zero-order valence-electron chi connectivity index (χ0n) is 14.5. The molecule has 0 unspecified atom stereocenters. The third kappa shape index (κ3) is 5.15. The first-order chi connectivity index (χ1) is 13.1. The fourth-order valence-corrected chi connectivity index (χ4v) is 3.55. The molecule has 27 heavy (non-hydrogen) atoms. The molecule has 0 saturated carbocycles. The normalized spacial score (nSPS) is 11.6. The topological polar surface area (TPSA) is 63.2 Å². The van der Waals surface area contributed by atoms with E-state index in [1.165, 1.54) is 6.08 Å². The van der Waals surface area contributed by atoms with Crippen molar-refractivity contribution < 1.29 is 13.2 Å². The van der Waals surface area contributed by atoms with Crippen LogP contribution in [0.3, 0.4) is 0 Å². The van der Waals surface area contributed by atoms with Crippen molar-refractivity contribution in [2.75, 3.05) is 0 Å². The minimum absolute atomic E-state index is 0.592. The van der Waals surface area contributed by atoms with Crippen molar-refractivity contribution in [3.8, 4) is 0 Å². The molecule has 3 rings (SSSR count). The molecule has 1 amide bonds. The van der Waals surface area contributed by atoms with Crippen molar-refractivity contribution in [3.63, 3.8) is 0 Å². The Morgan fingerprint density at radius 3 is 1.67 bits per heavy atom. The number of rotatable bonds is 6. The fraction of sp³-hybridized carbons (Fsp3) is 0.0455. The zero-order valence-corrected chi connectivity index (χ0v) is 15.3. The Morgan fingerprint density at radius 2 is 1.19 bits per heavy atom. The van der Waals surface area contributed by atoms with Crippen LogP contribution in [0.25, 0.3) is 6.08 Å². The highest BCUT2D eigenvalue weighted by atomic mass is 32.2. The van der Waals surface area contributed by atoms with Gasteiger partial charge in [0.2, 0.25) is 5.91 Å². The molecule has 0 aromatic heterocycles. The molecule has 0 aliphatic rings. The van der Waals surface area contributed by atoms with E-state index in [0.717, 1.165) is 22.1 Å². The molecule has 1 N–H and O–H groups in total. The first-order valence-electron chi connectivity index (χ1n) is 8.45. The molecular weight excluding hydrogens is 358 g/mol. The Kier molecular flexibility index (Phi) is 5.84. The third-order valence-corrected chi connectivity index (χ3v) is 4.99. The SMILES string of the molecule is O=C(NS(=O)(=O)/C=C/c1ccccc1)C(c1ccccc1)c1ccccc1. The first kappa shape index (κ1) is 18.6. The van der Waals surface area contributed by atoms with E-state index in [0.29, 0.717) is 0 Å². The Balaban J connectivity index is 1.85. The van der Waals surface area contributed by atoms with Gasteiger partial charge in [-0.3, -0.25) is 4.79 Å². The molecule has 0 radical (unpaired) electrons. The molecule has 0 heterocycles. The van der Waals surface area contributed by atoms with E-state index in [1.54, 1.807) is 12.1 Å². The van der Waals surface area contributed by atoms with E-state index < -0.39 is 21.8 Å². The molecule has 0 atom stereocenters. The predicted molar refractivity (Wildman–Crippen MR) is 107 cm³/mol. The summed E-state index contributed by atoms with van der Waals surface area (Å²) in [6.45, 7) is 0. The van der Waals surface area contributed by atoms with Gasteiger partial charge in [-0.15, -0.1) is 0 Å². The van der Waals surface area contributed by atoms with Crippen molar-refractivity contribution in [1.29, 1.82) is 0 Å². The van der Waals surface area contributed by atoms with Gasteiger partial charge < -0.3 is 0 Å². The van der Waals surface area contributed by atoms with Crippen LogP contribution < -0.4 is 4.72 Å². The van der Waals surface area contributed by atoms with Crippen LogP contribution in [-0.4, -0.2) is 14.3 Å². The number of benzene rings is 3. The van der Waals surface area contributed by atoms with Crippen molar-refractivity contribution in [3.05, 3.63) is 113 Å². The van der Waals surface area contributed by atoms with E-state index in [2.05, 4.69) is 4.72 Å². The van der Waals surface area contributed by atoms with Crippen LogP contribution >= 0.6 is 0 Å². The number of carbonyl (C=O) groups excluding carboxylic acids is 1. The van der Waals surface area contributed by atoms with Crippen LogP contribution in [0, 0.1) is 0 Å². The summed E-state index contributed by atoms with van der Waals surface area (Å²) in [5.41, 5.74) is 2.19. The van der Waals surface area contributed by atoms with Crippen molar-refractivity contribution in [1.82, 2.24) is 4.72 Å². The zero-order chi connectivity index (χ0) is 19.1. The first-order valence-corrected chi connectivity index (χ1v) is 9.99. The van der Waals surface area contributed by atoms with Gasteiger partial charge in [-0.1, -0.05) is 91.0 Å². The monoisotopic (exact) mass is 377 g/mol. The highest BCUT2D eigenvalue weighted by Gasteiger charge is 2.25. The number of carbonyl (C=O) groups is 1. The molecule has 0 saturated heterocycles. The number of amides is 1. The van der Waals surface area contributed by atoms with E-state index in [9.17, 15) is 13.2 Å². The van der Waals surface area contributed by atoms with Crippen LogP contribution in [0.4, 0.5) is 0 Å². The smallest absolute Gasteiger partial charge is 0.257 e. The molecule has 0 bridgehead atoms. The molecule has 3 aromatic carbocycles. The predicted octanol–water partition coefficient (Wildman–Crippen LogP) is 3.94. The summed E-state index contributed by atoms with van der Waals surface area (Å²) in [5.74, 6) is -1.31. The van der Waals surface area contributed by atoms with Crippen LogP contribution in [0.2, 0.25) is 0 Å². The maximum atomic E-state index is 12.8. The Labute approximate surface area is 159 Å². The third-order valence-electron chi connectivity index (χ3n) is 4.01. The van der Waals surface area contributed by atoms with Crippen molar-refractivity contribution in [2.24, 2.45) is 0 Å². The Morgan fingerprint density at radius 1 is 0.741 bits per heavy atom. The van der Waals surface area contributed by atoms with Crippen molar-refractivity contribution >= 4 is 22.0 Å². The highest BCUT2D eigenvalue weighted by Crippen LogP contribution is 2.25. The second-order valence-corrected chi connectivity index (χ2v) is 7.55. The fourth-order valence-electron chi connectivity index (χ4n) is 2.75. The van der Waals surface area contributed by atoms with Gasteiger partial charge in [0.1, 0.15) is 0 Å². The number of hydrogen-bond acceptors (Lipinski definition) is 3. The average molecular weight is 377 g/mol. The van der Waals surface area contributed by atoms with E-state index >= 15 is 0 Å². The van der Waals surface area contributed by atoms with Gasteiger partial charge in [0.15, 0.2) is 0 Å². The lowest BCUT2D eigenvalue weighted by Gasteiger charge is -2.17. The minimum Gasteiger partial charge on any atom is -0.273 e. The van der Waals surface area contributed by atoms with E-state index in [1.807, 2.05) is 78.9 Å². The lowest BCUT2D eigenvalue weighted by atomic mass is 9.91. The summed E-state index contributed by atoms with van der Waals surface area (Å²) < 4.78 is 26.9. The van der Waals surface area contributed by atoms with Crippen LogP contribution in [-0.2, 0) is 14.8 Å². The quantitative estimate of drug-likeness (QED) is 0.708. The molecule has 0 fully saturated rings. The summed E-state index contributed by atoms with van der Waals surface area (Å²) in [6, 6.07) is 27.3. The largest absolute Gasteiger partial charge is 0.273 e. The lowest BCUT2D eigenvalue weighted by Crippen LogP contribution is -2.33. The lowest BCUT2D eigenvalue weighted by molar-refractivity contribution is -0.119. The van der Waals surface area contributed by atoms with Gasteiger partial charge in [-0.25, -0.2) is 13.1 Å². The van der Waals surface area contributed by atoms with Gasteiger partial charge in [-0.2, -0.15) is 0 Å². The standard InChI is InChI=1S/C22H19NO3S/c24-22(23-27(25,26)17-16-18-10-4-1-5-11-18)21(19-12-6-2-7-13-19)20-14-8-3-9-15-20/h1-17,21H,(H,23,24)/b17-16+. The maximum Gasteiger partial charge on any atom is 0.257 e. The Bertz CT molecular complexity index is 975. The number of nitrogens with one attached hydrogen (secondary N) is 1. The molecule has 136 valence electrons. The van der Waals surface area contributed by atoms with Crippen LogP contribution in [0.15, 0.2) is 96.4 Å². The second-order valence-electron chi connectivity index (χ2n) is 5.98. The molecule has 3 aromatic rings. The Hall–Kier alpha value is -3.18. The second kappa shape index (κ2) is 8.47. The average Bonchev–Trinajstić information content (AvgIpc) is 2.69. The summed E-state index contributed by atoms with van der Waals surface area (Å²) in [5, 5.41) is 1.01. The van der Waals surface area contributed by atoms with Crippen LogP contribution in [0.5, 0.6) is 0 Å². The molecular formula is C22H19NO3S. The molecule has 4 nitrogen and oxygen atoms in total. The summed E-state index contributed by atoms with van der Waals surface area (Å²) in [7, 11) is -3.92. The van der Waals surface area contributed by atoms with Gasteiger partial charge in [0, 0.05) is 0 Å². The van der Waals surface area contributed by atoms with E-state index in [4.69, 9.17) is 0 Å².